The Morgan fingerprint density at radius 3 is 2.63 bits per heavy atom. The van der Waals surface area contributed by atoms with Gasteiger partial charge in [0.05, 0.1) is 16.6 Å². The van der Waals surface area contributed by atoms with Crippen LogP contribution in [0, 0.1) is 0 Å². The maximum absolute atomic E-state index is 6.11. The topological polar surface area (TPSA) is 43.9 Å². The smallest absolute Gasteiger partial charge is 0.227 e. The van der Waals surface area contributed by atoms with Crippen molar-refractivity contribution in [2.45, 2.75) is 0 Å². The second-order valence-corrected chi connectivity index (χ2v) is 6.79. The Labute approximate surface area is 154 Å². The van der Waals surface area contributed by atoms with E-state index in [4.69, 9.17) is 9.40 Å². The molecule has 4 nitrogen and oxygen atoms in total. The van der Waals surface area contributed by atoms with Gasteiger partial charge >= 0.3 is 0 Å². The van der Waals surface area contributed by atoms with Gasteiger partial charge in [0, 0.05) is 29.4 Å². The molecule has 0 bridgehead atoms. The van der Waals surface area contributed by atoms with Crippen molar-refractivity contribution >= 4 is 43.9 Å². The van der Waals surface area contributed by atoms with E-state index in [2.05, 4.69) is 71.2 Å². The number of nitrogens with zero attached hydrogens (tertiary/aromatic N) is 3. The number of furan rings is 1. The molecule has 0 aliphatic heterocycles. The lowest BCUT2D eigenvalue weighted by molar-refractivity contribution is 0.654. The molecule has 0 aliphatic carbocycles. The van der Waals surface area contributed by atoms with E-state index in [-0.39, 0.29) is 0 Å². The van der Waals surface area contributed by atoms with Gasteiger partial charge < -0.3 is 8.98 Å². The molecule has 0 amide bonds. The van der Waals surface area contributed by atoms with Crippen LogP contribution in [0.4, 0.5) is 0 Å². The lowest BCUT2D eigenvalue weighted by Gasteiger charge is -2.05. The lowest BCUT2D eigenvalue weighted by Crippen LogP contribution is -1.93. The summed E-state index contributed by atoms with van der Waals surface area (Å²) < 4.78 is 8.27. The number of benzene rings is 3. The quantitative estimate of drug-likeness (QED) is 0.383. The number of fused-ring (bicyclic) bond motifs is 6. The largest absolute Gasteiger partial charge is 0.437 e. The summed E-state index contributed by atoms with van der Waals surface area (Å²) in [5.74, 6) is 0.894. The highest BCUT2D eigenvalue weighted by Crippen LogP contribution is 2.36. The van der Waals surface area contributed by atoms with Crippen LogP contribution in [-0.2, 0) is 7.05 Å². The highest BCUT2D eigenvalue weighted by Gasteiger charge is 2.18. The number of para-hydroxylation sites is 1. The zero-order chi connectivity index (χ0) is 18.0. The van der Waals surface area contributed by atoms with E-state index in [9.17, 15) is 0 Å². The Kier molecular flexibility index (Phi) is 2.78. The molecule has 0 saturated heterocycles. The van der Waals surface area contributed by atoms with E-state index >= 15 is 0 Å². The first-order valence-electron chi connectivity index (χ1n) is 8.92. The van der Waals surface area contributed by atoms with Crippen molar-refractivity contribution in [3.8, 4) is 11.4 Å². The number of rotatable bonds is 1. The molecule has 3 aromatic heterocycles. The Balaban J connectivity index is 1.73. The molecule has 4 heteroatoms. The summed E-state index contributed by atoms with van der Waals surface area (Å²) in [6.45, 7) is 0. The minimum absolute atomic E-state index is 0.657. The van der Waals surface area contributed by atoms with Gasteiger partial charge in [-0.25, -0.2) is 9.97 Å². The highest BCUT2D eigenvalue weighted by molar-refractivity contribution is 6.10. The monoisotopic (exact) mass is 349 g/mol. The van der Waals surface area contributed by atoms with E-state index in [1.807, 2.05) is 12.1 Å². The molecule has 0 aliphatic rings. The summed E-state index contributed by atoms with van der Waals surface area (Å²) in [6, 6.07) is 22.8. The average molecular weight is 349 g/mol. The highest BCUT2D eigenvalue weighted by atomic mass is 16.3. The van der Waals surface area contributed by atoms with Crippen LogP contribution >= 0.6 is 0 Å². The van der Waals surface area contributed by atoms with Crippen molar-refractivity contribution in [3.63, 3.8) is 0 Å². The van der Waals surface area contributed by atoms with Gasteiger partial charge in [-0.05, 0) is 29.7 Å². The maximum atomic E-state index is 6.11. The summed E-state index contributed by atoms with van der Waals surface area (Å²) in [6.07, 6.45) is 1.76. The van der Waals surface area contributed by atoms with Gasteiger partial charge in [-0.1, -0.05) is 42.5 Å². The third-order valence-corrected chi connectivity index (χ3v) is 5.27. The van der Waals surface area contributed by atoms with Gasteiger partial charge in [0.25, 0.3) is 0 Å². The molecule has 0 N–H and O–H groups in total. The van der Waals surface area contributed by atoms with Gasteiger partial charge in [0.1, 0.15) is 11.4 Å². The predicted molar refractivity (Wildman–Crippen MR) is 109 cm³/mol. The molecule has 128 valence electrons. The van der Waals surface area contributed by atoms with E-state index in [1.165, 1.54) is 10.8 Å². The maximum Gasteiger partial charge on any atom is 0.227 e. The lowest BCUT2D eigenvalue weighted by atomic mass is 10.1. The van der Waals surface area contributed by atoms with Crippen molar-refractivity contribution in [3.05, 3.63) is 72.9 Å². The zero-order valence-electron chi connectivity index (χ0n) is 14.7. The first-order valence-corrected chi connectivity index (χ1v) is 8.92. The first-order chi connectivity index (χ1) is 13.3. The molecule has 3 aromatic carbocycles. The van der Waals surface area contributed by atoms with Gasteiger partial charge in [-0.3, -0.25) is 0 Å². The zero-order valence-corrected chi connectivity index (χ0v) is 14.7. The SMILES string of the molecule is Cn1c(-c2cccc3c2oc2ncccc23)nc2ccc3ccccc3c21. The molecule has 3 heterocycles. The van der Waals surface area contributed by atoms with Gasteiger partial charge in [0.2, 0.25) is 5.71 Å². The van der Waals surface area contributed by atoms with Gasteiger partial charge in [-0.15, -0.1) is 0 Å². The average Bonchev–Trinajstić information content (AvgIpc) is 3.26. The Bertz CT molecular complexity index is 1490. The standard InChI is InChI=1S/C23H15N3O/c1-26-20-15-7-3-2-6-14(15)11-12-19(20)25-22(26)18-9-4-8-16-17-10-5-13-24-23(17)27-21(16)18/h2-13H,1H3. The van der Waals surface area contributed by atoms with Crippen LogP contribution in [0.1, 0.15) is 0 Å². The summed E-state index contributed by atoms with van der Waals surface area (Å²) in [7, 11) is 2.07. The Morgan fingerprint density at radius 1 is 0.815 bits per heavy atom. The fourth-order valence-electron chi connectivity index (χ4n) is 4.03. The molecular formula is C23H15N3O. The van der Waals surface area contributed by atoms with Crippen LogP contribution in [0.3, 0.4) is 0 Å². The number of aromatic nitrogens is 3. The van der Waals surface area contributed by atoms with Crippen LogP contribution in [0.15, 0.2) is 77.3 Å². The third-order valence-electron chi connectivity index (χ3n) is 5.27. The van der Waals surface area contributed by atoms with E-state index in [1.54, 1.807) is 6.20 Å². The number of imidazole rings is 1. The number of aryl methyl sites for hydroxylation is 1. The molecular weight excluding hydrogens is 334 g/mol. The van der Waals surface area contributed by atoms with Crippen molar-refractivity contribution in [1.82, 2.24) is 14.5 Å². The molecule has 0 spiro atoms. The second-order valence-electron chi connectivity index (χ2n) is 6.79. The number of hydrogen-bond donors (Lipinski definition) is 0. The van der Waals surface area contributed by atoms with E-state index in [0.29, 0.717) is 5.71 Å². The van der Waals surface area contributed by atoms with Crippen LogP contribution < -0.4 is 0 Å². The Morgan fingerprint density at radius 2 is 1.67 bits per heavy atom. The van der Waals surface area contributed by atoms with E-state index in [0.717, 1.165) is 38.8 Å². The van der Waals surface area contributed by atoms with Crippen LogP contribution in [0.5, 0.6) is 0 Å². The first kappa shape index (κ1) is 14.5. The third kappa shape index (κ3) is 1.92. The van der Waals surface area contributed by atoms with Crippen molar-refractivity contribution in [1.29, 1.82) is 0 Å². The fraction of sp³-hybridized carbons (Fsp3) is 0.0435. The van der Waals surface area contributed by atoms with Crippen LogP contribution in [0.25, 0.3) is 55.3 Å². The van der Waals surface area contributed by atoms with Gasteiger partial charge in [-0.2, -0.15) is 0 Å². The number of pyridine rings is 1. The molecule has 0 saturated carbocycles. The summed E-state index contributed by atoms with van der Waals surface area (Å²) in [4.78, 5) is 9.30. The molecule has 6 aromatic rings. The van der Waals surface area contributed by atoms with Crippen LogP contribution in [0.2, 0.25) is 0 Å². The molecule has 6 rings (SSSR count). The van der Waals surface area contributed by atoms with E-state index < -0.39 is 0 Å². The minimum Gasteiger partial charge on any atom is -0.437 e. The van der Waals surface area contributed by atoms with Crippen molar-refractivity contribution in [2.75, 3.05) is 0 Å². The summed E-state index contributed by atoms with van der Waals surface area (Å²) in [5.41, 5.74) is 4.58. The minimum atomic E-state index is 0.657. The predicted octanol–water partition coefficient (Wildman–Crippen LogP) is 5.69. The normalized spacial score (nSPS) is 11.9. The van der Waals surface area contributed by atoms with Gasteiger partial charge in [0.15, 0.2) is 0 Å². The van der Waals surface area contributed by atoms with Crippen molar-refractivity contribution in [2.24, 2.45) is 7.05 Å². The summed E-state index contributed by atoms with van der Waals surface area (Å²) in [5, 5.41) is 4.51. The molecule has 0 unspecified atom stereocenters. The molecule has 27 heavy (non-hydrogen) atoms. The molecule has 0 fully saturated rings. The van der Waals surface area contributed by atoms with Crippen LogP contribution in [-0.4, -0.2) is 14.5 Å². The number of hydrogen-bond acceptors (Lipinski definition) is 3. The van der Waals surface area contributed by atoms with Crippen molar-refractivity contribution < 1.29 is 4.42 Å². The summed E-state index contributed by atoms with van der Waals surface area (Å²) >= 11 is 0. The Hall–Kier alpha value is -3.66. The second kappa shape index (κ2) is 5.17. The fourth-order valence-corrected chi connectivity index (χ4v) is 4.03. The molecule has 0 atom stereocenters. The molecule has 0 radical (unpaired) electrons.